The summed E-state index contributed by atoms with van der Waals surface area (Å²) in [5.74, 6) is -0.432. The minimum Gasteiger partial charge on any atom is -0.409 e. The highest BCUT2D eigenvalue weighted by atomic mass is 19.1. The number of amidine groups is 1. The number of hydrogen-bond acceptors (Lipinski definition) is 4. The zero-order chi connectivity index (χ0) is 15.0. The van der Waals surface area contributed by atoms with Gasteiger partial charge >= 0.3 is 0 Å². The average molecular weight is 292 g/mol. The number of halogens is 1. The molecule has 0 spiro atoms. The molecule has 1 aromatic rings. The maximum absolute atomic E-state index is 13.5. The maximum atomic E-state index is 13.5. The summed E-state index contributed by atoms with van der Waals surface area (Å²) in [5.41, 5.74) is 7.01. The highest BCUT2D eigenvalue weighted by molar-refractivity contribution is 6.02. The van der Waals surface area contributed by atoms with Crippen LogP contribution in [0.3, 0.4) is 0 Å². The third-order valence-electron chi connectivity index (χ3n) is 4.59. The van der Waals surface area contributed by atoms with Crippen molar-refractivity contribution >= 4 is 11.5 Å². The number of oxime groups is 1. The molecule has 2 fully saturated rings. The molecule has 5 nitrogen and oxygen atoms in total. The molecule has 2 aliphatic rings. The standard InChI is InChI=1S/C15H21FN4O/c1-10-8-19-6-2-3-12(19)9-20(10)14-5-4-11(16)7-13(14)15(17)18-21/h4-5,7,10,12,21H,2-3,6,8-9H2,1H3,(H2,17,18). The van der Waals surface area contributed by atoms with Crippen molar-refractivity contribution in [3.8, 4) is 0 Å². The first kappa shape index (κ1) is 14.1. The molecule has 2 aliphatic heterocycles. The predicted octanol–water partition coefficient (Wildman–Crippen LogP) is 1.59. The zero-order valence-corrected chi connectivity index (χ0v) is 12.2. The van der Waals surface area contributed by atoms with Crippen LogP contribution in [-0.4, -0.2) is 47.7 Å². The number of piperazine rings is 1. The second-order valence-electron chi connectivity index (χ2n) is 5.94. The van der Waals surface area contributed by atoms with E-state index in [0.29, 0.717) is 17.6 Å². The van der Waals surface area contributed by atoms with Crippen molar-refractivity contribution < 1.29 is 9.60 Å². The van der Waals surface area contributed by atoms with Gasteiger partial charge in [-0.2, -0.15) is 0 Å². The van der Waals surface area contributed by atoms with Gasteiger partial charge in [-0.3, -0.25) is 4.90 Å². The van der Waals surface area contributed by atoms with Crippen molar-refractivity contribution in [3.63, 3.8) is 0 Å². The summed E-state index contributed by atoms with van der Waals surface area (Å²) in [7, 11) is 0. The van der Waals surface area contributed by atoms with E-state index < -0.39 is 0 Å². The van der Waals surface area contributed by atoms with Gasteiger partial charge in [0.05, 0.1) is 0 Å². The molecule has 0 saturated carbocycles. The molecule has 2 heterocycles. The lowest BCUT2D eigenvalue weighted by atomic mass is 10.0. The van der Waals surface area contributed by atoms with Crippen molar-refractivity contribution in [2.75, 3.05) is 24.5 Å². The average Bonchev–Trinajstić information content (AvgIpc) is 2.92. The number of anilines is 1. The fourth-order valence-electron chi connectivity index (χ4n) is 3.54. The van der Waals surface area contributed by atoms with E-state index in [0.717, 1.165) is 18.8 Å². The van der Waals surface area contributed by atoms with Gasteiger partial charge in [-0.25, -0.2) is 4.39 Å². The van der Waals surface area contributed by atoms with Crippen molar-refractivity contribution in [2.24, 2.45) is 10.9 Å². The van der Waals surface area contributed by atoms with Crippen LogP contribution in [0.1, 0.15) is 25.3 Å². The predicted molar refractivity (Wildman–Crippen MR) is 80.3 cm³/mol. The van der Waals surface area contributed by atoms with Gasteiger partial charge in [-0.05, 0) is 44.5 Å². The molecule has 2 saturated heterocycles. The summed E-state index contributed by atoms with van der Waals surface area (Å²) >= 11 is 0. The molecular weight excluding hydrogens is 271 g/mol. The molecule has 0 aliphatic carbocycles. The molecule has 21 heavy (non-hydrogen) atoms. The molecule has 0 radical (unpaired) electrons. The number of fused-ring (bicyclic) bond motifs is 1. The largest absolute Gasteiger partial charge is 0.409 e. The summed E-state index contributed by atoms with van der Waals surface area (Å²) in [6.07, 6.45) is 2.44. The minimum atomic E-state index is -0.382. The van der Waals surface area contributed by atoms with Gasteiger partial charge in [0, 0.05) is 36.4 Å². The van der Waals surface area contributed by atoms with Crippen molar-refractivity contribution in [3.05, 3.63) is 29.6 Å². The van der Waals surface area contributed by atoms with Crippen molar-refractivity contribution in [2.45, 2.75) is 31.8 Å². The van der Waals surface area contributed by atoms with E-state index in [1.165, 1.54) is 31.5 Å². The molecule has 114 valence electrons. The van der Waals surface area contributed by atoms with E-state index in [1.54, 1.807) is 6.07 Å². The number of nitrogens with two attached hydrogens (primary N) is 1. The summed E-state index contributed by atoms with van der Waals surface area (Å²) in [5, 5.41) is 12.0. The number of hydrogen-bond donors (Lipinski definition) is 2. The van der Waals surface area contributed by atoms with Crippen LogP contribution in [0, 0.1) is 5.82 Å². The Morgan fingerprint density at radius 2 is 2.24 bits per heavy atom. The molecule has 2 atom stereocenters. The lowest BCUT2D eigenvalue weighted by molar-refractivity contribution is 0.203. The lowest BCUT2D eigenvalue weighted by Gasteiger charge is -2.44. The van der Waals surface area contributed by atoms with Crippen LogP contribution in [0.5, 0.6) is 0 Å². The fraction of sp³-hybridized carbons (Fsp3) is 0.533. The molecule has 2 unspecified atom stereocenters. The summed E-state index contributed by atoms with van der Waals surface area (Å²) < 4.78 is 13.5. The zero-order valence-electron chi connectivity index (χ0n) is 12.2. The van der Waals surface area contributed by atoms with E-state index in [-0.39, 0.29) is 11.7 Å². The van der Waals surface area contributed by atoms with Crippen molar-refractivity contribution in [1.82, 2.24) is 4.90 Å². The maximum Gasteiger partial charge on any atom is 0.172 e. The van der Waals surface area contributed by atoms with Gasteiger partial charge in [0.25, 0.3) is 0 Å². The molecule has 3 rings (SSSR count). The van der Waals surface area contributed by atoms with Gasteiger partial charge < -0.3 is 15.8 Å². The normalized spacial score (nSPS) is 27.0. The SMILES string of the molecule is CC1CN2CCCC2CN1c1ccc(F)cc1/C(N)=N/O. The van der Waals surface area contributed by atoms with Crippen LogP contribution in [0.25, 0.3) is 0 Å². The lowest BCUT2D eigenvalue weighted by Crippen LogP contribution is -2.55. The van der Waals surface area contributed by atoms with Gasteiger partial charge in [0.2, 0.25) is 0 Å². The minimum absolute atomic E-state index is 0.0504. The Balaban J connectivity index is 1.95. The van der Waals surface area contributed by atoms with Gasteiger partial charge in [0.15, 0.2) is 5.84 Å². The molecule has 0 amide bonds. The Labute approximate surface area is 123 Å². The van der Waals surface area contributed by atoms with Gasteiger partial charge in [0.1, 0.15) is 5.82 Å². The topological polar surface area (TPSA) is 65.1 Å². The highest BCUT2D eigenvalue weighted by Crippen LogP contribution is 2.31. The third kappa shape index (κ3) is 2.55. The van der Waals surface area contributed by atoms with Crippen LogP contribution in [0.4, 0.5) is 10.1 Å². The Hall–Kier alpha value is -1.82. The third-order valence-corrected chi connectivity index (χ3v) is 4.59. The Kier molecular flexibility index (Phi) is 3.71. The molecule has 1 aromatic carbocycles. The first-order chi connectivity index (χ1) is 10.1. The van der Waals surface area contributed by atoms with E-state index >= 15 is 0 Å². The van der Waals surface area contributed by atoms with E-state index in [9.17, 15) is 4.39 Å². The molecular formula is C15H21FN4O. The smallest absolute Gasteiger partial charge is 0.172 e. The molecule has 3 N–H and O–H groups in total. The Bertz CT molecular complexity index is 563. The van der Waals surface area contributed by atoms with Crippen LogP contribution < -0.4 is 10.6 Å². The van der Waals surface area contributed by atoms with Crippen LogP contribution >= 0.6 is 0 Å². The monoisotopic (exact) mass is 292 g/mol. The first-order valence-electron chi connectivity index (χ1n) is 7.38. The van der Waals surface area contributed by atoms with E-state index in [4.69, 9.17) is 10.9 Å². The van der Waals surface area contributed by atoms with E-state index in [1.807, 2.05) is 0 Å². The summed E-state index contributed by atoms with van der Waals surface area (Å²) in [6.45, 7) is 5.23. The molecule has 0 bridgehead atoms. The van der Waals surface area contributed by atoms with Crippen LogP contribution in [-0.2, 0) is 0 Å². The van der Waals surface area contributed by atoms with Crippen LogP contribution in [0.15, 0.2) is 23.4 Å². The second-order valence-corrected chi connectivity index (χ2v) is 5.94. The number of benzene rings is 1. The molecule has 6 heteroatoms. The number of rotatable bonds is 2. The summed E-state index contributed by atoms with van der Waals surface area (Å²) in [4.78, 5) is 4.77. The molecule has 0 aromatic heterocycles. The van der Waals surface area contributed by atoms with Gasteiger partial charge in [-0.1, -0.05) is 5.16 Å². The van der Waals surface area contributed by atoms with E-state index in [2.05, 4.69) is 21.9 Å². The van der Waals surface area contributed by atoms with Gasteiger partial charge in [-0.15, -0.1) is 0 Å². The quantitative estimate of drug-likeness (QED) is 0.376. The van der Waals surface area contributed by atoms with Crippen LogP contribution in [0.2, 0.25) is 0 Å². The van der Waals surface area contributed by atoms with Crippen molar-refractivity contribution in [1.29, 1.82) is 0 Å². The highest BCUT2D eigenvalue weighted by Gasteiger charge is 2.35. The fourth-order valence-corrected chi connectivity index (χ4v) is 3.54. The first-order valence-corrected chi connectivity index (χ1v) is 7.38. The Morgan fingerprint density at radius 3 is 3.00 bits per heavy atom. The number of nitrogens with zero attached hydrogens (tertiary/aromatic N) is 3. The Morgan fingerprint density at radius 1 is 1.43 bits per heavy atom. The summed E-state index contributed by atoms with van der Waals surface area (Å²) in [6, 6.07) is 5.35. The second kappa shape index (κ2) is 5.52.